The standard InChI is InChI=1S/C21H24N4O4/c1-14-17(18-20(27)23-13-24-21(18)29-14)19(26)22-10-16-12-25(8-5-9-28-16)11-15-6-3-2-4-7-15/h2-4,6-7,13,16H,5,8-12H2,1H3,(H,22,26)(H,23,24,27). The number of amides is 1. The monoisotopic (exact) mass is 396 g/mol. The number of benzene rings is 1. The SMILES string of the molecule is Cc1oc2nc[nH]c(=O)c2c1C(=O)NCC1CN(Cc2ccccc2)CCCO1. The summed E-state index contributed by atoms with van der Waals surface area (Å²) in [6.07, 6.45) is 2.08. The van der Waals surface area contributed by atoms with E-state index in [1.807, 2.05) is 18.2 Å². The van der Waals surface area contributed by atoms with E-state index < -0.39 is 5.56 Å². The number of hydrogen-bond donors (Lipinski definition) is 2. The number of rotatable bonds is 5. The maximum atomic E-state index is 12.8. The number of nitrogens with zero attached hydrogens (tertiary/aromatic N) is 2. The van der Waals surface area contributed by atoms with Crippen LogP contribution in [-0.4, -0.2) is 53.1 Å². The third kappa shape index (κ3) is 4.38. The van der Waals surface area contributed by atoms with Crippen molar-refractivity contribution in [2.45, 2.75) is 26.0 Å². The van der Waals surface area contributed by atoms with Gasteiger partial charge in [-0.15, -0.1) is 0 Å². The predicted molar refractivity (Wildman–Crippen MR) is 108 cm³/mol. The average Bonchev–Trinajstić information content (AvgIpc) is 2.90. The van der Waals surface area contributed by atoms with E-state index in [2.05, 4.69) is 32.3 Å². The molecule has 0 aliphatic carbocycles. The molecule has 8 nitrogen and oxygen atoms in total. The van der Waals surface area contributed by atoms with Crippen molar-refractivity contribution in [1.82, 2.24) is 20.2 Å². The number of aromatic amines is 1. The Morgan fingerprint density at radius 3 is 3.00 bits per heavy atom. The van der Waals surface area contributed by atoms with Crippen molar-refractivity contribution in [3.8, 4) is 0 Å². The van der Waals surface area contributed by atoms with Crippen LogP contribution in [0.2, 0.25) is 0 Å². The van der Waals surface area contributed by atoms with Crippen LogP contribution >= 0.6 is 0 Å². The van der Waals surface area contributed by atoms with Crippen molar-refractivity contribution in [2.75, 3.05) is 26.2 Å². The van der Waals surface area contributed by atoms with Crippen LogP contribution in [0.15, 0.2) is 45.9 Å². The number of fused-ring (bicyclic) bond motifs is 1. The summed E-state index contributed by atoms with van der Waals surface area (Å²) in [5.41, 5.74) is 1.25. The molecule has 1 saturated heterocycles. The Morgan fingerprint density at radius 2 is 2.17 bits per heavy atom. The van der Waals surface area contributed by atoms with E-state index >= 15 is 0 Å². The Kier molecular flexibility index (Phi) is 5.73. The summed E-state index contributed by atoms with van der Waals surface area (Å²) in [6.45, 7) is 5.19. The van der Waals surface area contributed by atoms with Gasteiger partial charge in [0.1, 0.15) is 11.1 Å². The van der Waals surface area contributed by atoms with E-state index in [1.165, 1.54) is 11.9 Å². The van der Waals surface area contributed by atoms with E-state index in [-0.39, 0.29) is 28.7 Å². The molecule has 8 heteroatoms. The van der Waals surface area contributed by atoms with E-state index in [0.717, 1.165) is 26.1 Å². The molecule has 3 aromatic rings. The largest absolute Gasteiger partial charge is 0.442 e. The van der Waals surface area contributed by atoms with Gasteiger partial charge in [-0.3, -0.25) is 14.5 Å². The molecular formula is C21H24N4O4. The van der Waals surface area contributed by atoms with Gasteiger partial charge in [0, 0.05) is 32.8 Å². The molecule has 3 heterocycles. The second-order valence-electron chi connectivity index (χ2n) is 7.22. The maximum Gasteiger partial charge on any atom is 0.262 e. The summed E-state index contributed by atoms with van der Waals surface area (Å²) >= 11 is 0. The average molecular weight is 396 g/mol. The van der Waals surface area contributed by atoms with Crippen LogP contribution in [0.1, 0.15) is 28.1 Å². The van der Waals surface area contributed by atoms with Gasteiger partial charge in [-0.25, -0.2) is 4.98 Å². The molecule has 1 aromatic carbocycles. The van der Waals surface area contributed by atoms with Crippen LogP contribution in [0.3, 0.4) is 0 Å². The summed E-state index contributed by atoms with van der Waals surface area (Å²) < 4.78 is 11.4. The lowest BCUT2D eigenvalue weighted by Crippen LogP contribution is -2.40. The Hall–Kier alpha value is -2.97. The number of H-pyrrole nitrogens is 1. The first-order valence-corrected chi connectivity index (χ1v) is 9.74. The van der Waals surface area contributed by atoms with Gasteiger partial charge in [-0.2, -0.15) is 0 Å². The Bertz CT molecular complexity index is 1040. The quantitative estimate of drug-likeness (QED) is 0.683. The Labute approximate surface area is 167 Å². The highest BCUT2D eigenvalue weighted by Crippen LogP contribution is 2.20. The summed E-state index contributed by atoms with van der Waals surface area (Å²) in [4.78, 5) is 33.7. The lowest BCUT2D eigenvalue weighted by molar-refractivity contribution is 0.0510. The second kappa shape index (κ2) is 8.59. The molecule has 1 fully saturated rings. The third-order valence-electron chi connectivity index (χ3n) is 5.07. The Balaban J connectivity index is 1.42. The number of aryl methyl sites for hydroxylation is 1. The van der Waals surface area contributed by atoms with Gasteiger partial charge >= 0.3 is 0 Å². The van der Waals surface area contributed by atoms with Gasteiger partial charge in [0.2, 0.25) is 5.71 Å². The number of carbonyl (C=O) groups excluding carboxylic acids is 1. The van der Waals surface area contributed by atoms with Gasteiger partial charge in [-0.05, 0) is 18.9 Å². The lowest BCUT2D eigenvalue weighted by atomic mass is 10.1. The molecule has 0 bridgehead atoms. The van der Waals surface area contributed by atoms with E-state index in [0.29, 0.717) is 18.9 Å². The minimum Gasteiger partial charge on any atom is -0.442 e. The minimum absolute atomic E-state index is 0.125. The summed E-state index contributed by atoms with van der Waals surface area (Å²) in [5, 5.41) is 3.07. The molecule has 1 unspecified atom stereocenters. The maximum absolute atomic E-state index is 12.8. The van der Waals surface area contributed by atoms with Crippen molar-refractivity contribution >= 4 is 17.0 Å². The number of ether oxygens (including phenoxy) is 1. The van der Waals surface area contributed by atoms with Gasteiger partial charge < -0.3 is 19.5 Å². The van der Waals surface area contributed by atoms with Crippen LogP contribution < -0.4 is 10.9 Å². The van der Waals surface area contributed by atoms with Crippen LogP contribution in [0, 0.1) is 6.92 Å². The van der Waals surface area contributed by atoms with Crippen molar-refractivity contribution < 1.29 is 13.9 Å². The van der Waals surface area contributed by atoms with Gasteiger partial charge in [-0.1, -0.05) is 30.3 Å². The zero-order valence-electron chi connectivity index (χ0n) is 16.3. The molecule has 2 aromatic heterocycles. The first kappa shape index (κ1) is 19.4. The number of furan rings is 1. The molecule has 1 aliphatic heterocycles. The smallest absolute Gasteiger partial charge is 0.262 e. The predicted octanol–water partition coefficient (Wildman–Crippen LogP) is 1.85. The van der Waals surface area contributed by atoms with E-state index in [9.17, 15) is 9.59 Å². The zero-order valence-corrected chi connectivity index (χ0v) is 16.3. The minimum atomic E-state index is -0.392. The topological polar surface area (TPSA) is 100 Å². The van der Waals surface area contributed by atoms with Gasteiger partial charge in [0.15, 0.2) is 0 Å². The molecule has 4 rings (SSSR count). The fourth-order valence-electron chi connectivity index (χ4n) is 3.70. The highest BCUT2D eigenvalue weighted by Gasteiger charge is 2.24. The van der Waals surface area contributed by atoms with Crippen molar-refractivity contribution in [3.05, 3.63) is 63.9 Å². The highest BCUT2D eigenvalue weighted by molar-refractivity contribution is 6.06. The molecule has 0 spiro atoms. The van der Waals surface area contributed by atoms with Gasteiger partial charge in [0.25, 0.3) is 11.5 Å². The van der Waals surface area contributed by atoms with Crippen LogP contribution in [0.4, 0.5) is 0 Å². The lowest BCUT2D eigenvalue weighted by Gasteiger charge is -2.24. The fraction of sp³-hybridized carbons (Fsp3) is 0.381. The normalized spacial score (nSPS) is 17.9. The van der Waals surface area contributed by atoms with E-state index in [1.54, 1.807) is 6.92 Å². The molecule has 0 saturated carbocycles. The molecular weight excluding hydrogens is 372 g/mol. The van der Waals surface area contributed by atoms with Crippen LogP contribution in [0.25, 0.3) is 11.1 Å². The van der Waals surface area contributed by atoms with Crippen molar-refractivity contribution in [3.63, 3.8) is 0 Å². The number of nitrogens with one attached hydrogen (secondary N) is 2. The number of carbonyl (C=O) groups is 1. The molecule has 0 radical (unpaired) electrons. The zero-order chi connectivity index (χ0) is 20.2. The van der Waals surface area contributed by atoms with Crippen LogP contribution in [0.5, 0.6) is 0 Å². The first-order chi connectivity index (χ1) is 14.1. The molecule has 2 N–H and O–H groups in total. The summed E-state index contributed by atoms with van der Waals surface area (Å²) in [5.74, 6) is 0.0106. The first-order valence-electron chi connectivity index (χ1n) is 9.74. The summed E-state index contributed by atoms with van der Waals surface area (Å²) in [6, 6.07) is 10.3. The Morgan fingerprint density at radius 1 is 1.34 bits per heavy atom. The van der Waals surface area contributed by atoms with Crippen molar-refractivity contribution in [2.24, 2.45) is 0 Å². The summed E-state index contributed by atoms with van der Waals surface area (Å²) in [7, 11) is 0. The number of aromatic nitrogens is 2. The fourth-order valence-corrected chi connectivity index (χ4v) is 3.70. The molecule has 152 valence electrons. The molecule has 1 amide bonds. The third-order valence-corrected chi connectivity index (χ3v) is 5.07. The molecule has 29 heavy (non-hydrogen) atoms. The second-order valence-corrected chi connectivity index (χ2v) is 7.22. The molecule has 1 atom stereocenters. The van der Waals surface area contributed by atoms with Crippen LogP contribution in [-0.2, 0) is 11.3 Å². The highest BCUT2D eigenvalue weighted by atomic mass is 16.5. The van der Waals surface area contributed by atoms with Gasteiger partial charge in [0.05, 0.1) is 18.0 Å². The van der Waals surface area contributed by atoms with Crippen molar-refractivity contribution in [1.29, 1.82) is 0 Å². The molecule has 1 aliphatic rings. The van der Waals surface area contributed by atoms with E-state index in [4.69, 9.17) is 9.15 Å². The number of hydrogen-bond acceptors (Lipinski definition) is 6.